The number of hydrogen-bond donors (Lipinski definition) is 0. The van der Waals surface area contributed by atoms with Gasteiger partial charge in [-0.25, -0.2) is 0 Å². The maximum atomic E-state index is 12.0. The maximum absolute atomic E-state index is 12.0. The van der Waals surface area contributed by atoms with Crippen LogP contribution in [0.15, 0.2) is 22.7 Å². The summed E-state index contributed by atoms with van der Waals surface area (Å²) in [6, 6.07) is 6.56. The lowest BCUT2D eigenvalue weighted by molar-refractivity contribution is -0.117. The van der Waals surface area contributed by atoms with Crippen molar-refractivity contribution in [1.82, 2.24) is 0 Å². The fourth-order valence-electron chi connectivity index (χ4n) is 2.24. The second-order valence-corrected chi connectivity index (χ2v) is 5.40. The second kappa shape index (κ2) is 3.48. The molecule has 1 heterocycles. The highest BCUT2D eigenvalue weighted by atomic mass is 79.9. The highest BCUT2D eigenvalue weighted by molar-refractivity contribution is 9.10. The molecule has 1 aromatic carbocycles. The molecule has 84 valence electrons. The van der Waals surface area contributed by atoms with E-state index in [0.29, 0.717) is 12.6 Å². The zero-order valence-electron chi connectivity index (χ0n) is 9.11. The van der Waals surface area contributed by atoms with Crippen LogP contribution >= 0.6 is 15.9 Å². The van der Waals surface area contributed by atoms with E-state index < -0.39 is 0 Å². The Hall–Kier alpha value is -1.03. The summed E-state index contributed by atoms with van der Waals surface area (Å²) in [5.74, 6) is 0.222. The van der Waals surface area contributed by atoms with Gasteiger partial charge in [-0.2, -0.15) is 0 Å². The quantitative estimate of drug-likeness (QED) is 0.789. The molecule has 0 radical (unpaired) electrons. The minimum Gasteiger partial charge on any atom is -0.364 e. The van der Waals surface area contributed by atoms with E-state index in [0.717, 1.165) is 28.7 Å². The summed E-state index contributed by atoms with van der Waals surface area (Å²) in [6.45, 7) is 0.486. The Balaban J connectivity index is 2.10. The average Bonchev–Trinajstić information content (AvgIpc) is 3.03. The van der Waals surface area contributed by atoms with Crippen molar-refractivity contribution in [2.75, 3.05) is 23.4 Å². The Labute approximate surface area is 103 Å². The van der Waals surface area contributed by atoms with Crippen molar-refractivity contribution in [1.29, 1.82) is 0 Å². The first kappa shape index (κ1) is 10.1. The largest absolute Gasteiger partial charge is 0.364 e. The van der Waals surface area contributed by atoms with Crippen molar-refractivity contribution in [3.05, 3.63) is 22.7 Å². The summed E-state index contributed by atoms with van der Waals surface area (Å²) in [4.78, 5) is 16.0. The summed E-state index contributed by atoms with van der Waals surface area (Å²) in [6.07, 6.45) is 2.29. The van der Waals surface area contributed by atoms with Crippen LogP contribution in [0.3, 0.4) is 0 Å². The van der Waals surface area contributed by atoms with Gasteiger partial charge in [0.05, 0.1) is 17.9 Å². The minimum atomic E-state index is 0.222. The molecule has 0 atom stereocenters. The van der Waals surface area contributed by atoms with E-state index in [2.05, 4.69) is 22.0 Å². The smallest absolute Gasteiger partial charge is 0.246 e. The molecule has 0 aromatic heterocycles. The van der Waals surface area contributed by atoms with Gasteiger partial charge in [-0.1, -0.05) is 15.9 Å². The number of rotatable bonds is 1. The molecule has 4 heteroatoms. The predicted molar refractivity (Wildman–Crippen MR) is 67.9 cm³/mol. The second-order valence-electron chi connectivity index (χ2n) is 4.48. The van der Waals surface area contributed by atoms with Crippen molar-refractivity contribution in [3.8, 4) is 0 Å². The molecule has 0 bridgehead atoms. The lowest BCUT2D eigenvalue weighted by atomic mass is 10.1. The van der Waals surface area contributed by atoms with Crippen molar-refractivity contribution in [2.24, 2.45) is 0 Å². The molecule has 1 aliphatic carbocycles. The van der Waals surface area contributed by atoms with Crippen LogP contribution in [0.4, 0.5) is 11.4 Å². The monoisotopic (exact) mass is 280 g/mol. The van der Waals surface area contributed by atoms with Gasteiger partial charge < -0.3 is 9.80 Å². The summed E-state index contributed by atoms with van der Waals surface area (Å²) < 4.78 is 1.06. The molecule has 1 fully saturated rings. The molecule has 0 saturated heterocycles. The fraction of sp³-hybridized carbons (Fsp3) is 0.417. The highest BCUT2D eigenvalue weighted by Crippen LogP contribution is 2.41. The van der Waals surface area contributed by atoms with Gasteiger partial charge in [0.1, 0.15) is 0 Å². The molecule has 3 rings (SSSR count). The zero-order chi connectivity index (χ0) is 11.3. The molecule has 3 nitrogen and oxygen atoms in total. The Morgan fingerprint density at radius 3 is 2.75 bits per heavy atom. The first-order valence-corrected chi connectivity index (χ1v) is 6.29. The van der Waals surface area contributed by atoms with Gasteiger partial charge in [-0.15, -0.1) is 0 Å². The van der Waals surface area contributed by atoms with Gasteiger partial charge in [0, 0.05) is 17.6 Å². The standard InChI is InChI=1S/C12H13BrN2O/c1-14-7-12(16)15(9-3-4-9)10-5-2-8(13)6-11(10)14/h2,5-6,9H,3-4,7H2,1H3. The number of amides is 1. The van der Waals surface area contributed by atoms with Crippen molar-refractivity contribution < 1.29 is 4.79 Å². The molecule has 0 spiro atoms. The topological polar surface area (TPSA) is 23.6 Å². The van der Waals surface area contributed by atoms with Crippen LogP contribution in [0.2, 0.25) is 0 Å². The summed E-state index contributed by atoms with van der Waals surface area (Å²) in [5.41, 5.74) is 2.20. The first-order valence-electron chi connectivity index (χ1n) is 5.49. The summed E-state index contributed by atoms with van der Waals surface area (Å²) >= 11 is 3.48. The number of anilines is 2. The Morgan fingerprint density at radius 1 is 1.31 bits per heavy atom. The van der Waals surface area contributed by atoms with E-state index in [4.69, 9.17) is 0 Å². The van der Waals surface area contributed by atoms with Gasteiger partial charge in [0.25, 0.3) is 0 Å². The van der Waals surface area contributed by atoms with E-state index in [-0.39, 0.29) is 5.91 Å². The van der Waals surface area contributed by atoms with Crippen LogP contribution in [-0.2, 0) is 4.79 Å². The zero-order valence-corrected chi connectivity index (χ0v) is 10.7. The number of fused-ring (bicyclic) bond motifs is 1. The van der Waals surface area contributed by atoms with Crippen LogP contribution in [0.1, 0.15) is 12.8 Å². The van der Waals surface area contributed by atoms with Gasteiger partial charge in [0.15, 0.2) is 0 Å². The molecule has 1 aliphatic heterocycles. The first-order chi connectivity index (χ1) is 7.66. The molecular formula is C12H13BrN2O. The number of nitrogens with zero attached hydrogens (tertiary/aromatic N) is 2. The van der Waals surface area contributed by atoms with E-state index in [1.165, 1.54) is 0 Å². The third-order valence-corrected chi connectivity index (χ3v) is 3.65. The molecule has 1 aromatic rings. The Morgan fingerprint density at radius 2 is 2.06 bits per heavy atom. The number of hydrogen-bond acceptors (Lipinski definition) is 2. The molecule has 0 unspecified atom stereocenters. The van der Waals surface area contributed by atoms with Gasteiger partial charge in [-0.05, 0) is 31.0 Å². The molecule has 2 aliphatic rings. The highest BCUT2D eigenvalue weighted by Gasteiger charge is 2.38. The number of carbonyl (C=O) groups excluding carboxylic acids is 1. The van der Waals surface area contributed by atoms with Gasteiger partial charge in [-0.3, -0.25) is 4.79 Å². The van der Waals surface area contributed by atoms with Crippen LogP contribution < -0.4 is 9.80 Å². The van der Waals surface area contributed by atoms with Crippen LogP contribution in [0, 0.1) is 0 Å². The summed E-state index contributed by atoms with van der Waals surface area (Å²) in [5, 5.41) is 0. The SMILES string of the molecule is CN1CC(=O)N(C2CC2)c2ccc(Br)cc21. The number of likely N-dealkylation sites (N-methyl/N-ethyl adjacent to an activating group) is 1. The summed E-state index contributed by atoms with van der Waals surface area (Å²) in [7, 11) is 1.97. The molecule has 0 N–H and O–H groups in total. The Kier molecular flexibility index (Phi) is 2.21. The third kappa shape index (κ3) is 1.52. The van der Waals surface area contributed by atoms with Crippen LogP contribution in [-0.4, -0.2) is 25.5 Å². The predicted octanol–water partition coefficient (Wildman–Crippen LogP) is 2.39. The van der Waals surface area contributed by atoms with Crippen LogP contribution in [0.5, 0.6) is 0 Å². The fourth-order valence-corrected chi connectivity index (χ4v) is 2.59. The van der Waals surface area contributed by atoms with E-state index in [1.54, 1.807) is 0 Å². The number of halogens is 1. The molecule has 1 amide bonds. The Bertz CT molecular complexity index is 456. The third-order valence-electron chi connectivity index (χ3n) is 3.16. The minimum absolute atomic E-state index is 0.222. The molecular weight excluding hydrogens is 268 g/mol. The molecule has 1 saturated carbocycles. The van der Waals surface area contributed by atoms with Crippen molar-refractivity contribution in [3.63, 3.8) is 0 Å². The van der Waals surface area contributed by atoms with Crippen molar-refractivity contribution in [2.45, 2.75) is 18.9 Å². The van der Waals surface area contributed by atoms with Crippen molar-refractivity contribution >= 4 is 33.2 Å². The van der Waals surface area contributed by atoms with Gasteiger partial charge >= 0.3 is 0 Å². The number of benzene rings is 1. The lowest BCUT2D eigenvalue weighted by Crippen LogP contribution is -2.45. The lowest BCUT2D eigenvalue weighted by Gasteiger charge is -2.35. The van der Waals surface area contributed by atoms with Crippen LogP contribution in [0.25, 0.3) is 0 Å². The maximum Gasteiger partial charge on any atom is 0.246 e. The van der Waals surface area contributed by atoms with Gasteiger partial charge in [0.2, 0.25) is 5.91 Å². The van der Waals surface area contributed by atoms with E-state index in [9.17, 15) is 4.79 Å². The normalized spacial score (nSPS) is 20.0. The molecule has 16 heavy (non-hydrogen) atoms. The van der Waals surface area contributed by atoms with E-state index in [1.807, 2.05) is 29.0 Å². The average molecular weight is 281 g/mol. The number of carbonyl (C=O) groups is 1. The van der Waals surface area contributed by atoms with E-state index >= 15 is 0 Å².